The first-order valence-electron chi connectivity index (χ1n) is 6.05. The fourth-order valence-electron chi connectivity index (χ4n) is 1.87. The van der Waals surface area contributed by atoms with Gasteiger partial charge in [-0.3, -0.25) is 15.4 Å². The molecule has 3 aromatic rings. The highest BCUT2D eigenvalue weighted by molar-refractivity contribution is 5.93. The number of pyridine rings is 2. The number of ether oxygens (including phenoxy) is 1. The maximum Gasteiger partial charge on any atom is 0.141 e. The van der Waals surface area contributed by atoms with Gasteiger partial charge in [-0.05, 0) is 24.3 Å². The molecule has 0 fully saturated rings. The van der Waals surface area contributed by atoms with Crippen molar-refractivity contribution in [2.24, 2.45) is 5.73 Å². The number of rotatable bonds is 3. The van der Waals surface area contributed by atoms with Gasteiger partial charge < -0.3 is 10.5 Å². The fourth-order valence-corrected chi connectivity index (χ4v) is 1.87. The Morgan fingerprint density at radius 1 is 1.00 bits per heavy atom. The largest absolute Gasteiger partial charge is 0.457 e. The Morgan fingerprint density at radius 3 is 2.70 bits per heavy atom. The van der Waals surface area contributed by atoms with Crippen molar-refractivity contribution in [3.8, 4) is 11.5 Å². The third kappa shape index (κ3) is 2.42. The summed E-state index contributed by atoms with van der Waals surface area (Å²) in [5.74, 6) is 1.17. The van der Waals surface area contributed by atoms with Gasteiger partial charge >= 0.3 is 0 Å². The second kappa shape index (κ2) is 4.97. The number of nitrogens with zero attached hydrogens (tertiary/aromatic N) is 2. The molecule has 2 heterocycles. The van der Waals surface area contributed by atoms with Crippen LogP contribution in [0.2, 0.25) is 0 Å². The zero-order chi connectivity index (χ0) is 13.9. The number of nitrogen functional groups attached to an aromatic ring is 1. The van der Waals surface area contributed by atoms with Gasteiger partial charge in [0.25, 0.3) is 0 Å². The molecule has 0 amide bonds. The van der Waals surface area contributed by atoms with E-state index in [-0.39, 0.29) is 5.84 Å². The minimum Gasteiger partial charge on any atom is -0.457 e. The number of benzene rings is 1. The Kier molecular flexibility index (Phi) is 3.01. The molecule has 5 heteroatoms. The van der Waals surface area contributed by atoms with Crippen LogP contribution in [0.15, 0.2) is 54.9 Å². The van der Waals surface area contributed by atoms with E-state index in [0.29, 0.717) is 17.2 Å². The van der Waals surface area contributed by atoms with Crippen molar-refractivity contribution >= 4 is 16.7 Å². The molecule has 3 N–H and O–H groups in total. The van der Waals surface area contributed by atoms with Crippen LogP contribution >= 0.6 is 0 Å². The van der Waals surface area contributed by atoms with Gasteiger partial charge in [0.1, 0.15) is 23.0 Å². The standard InChI is InChI=1S/C15H12N4O/c16-15(17)14-9-12(5-7-19-14)20-11-4-3-10-2-1-6-18-13(10)8-11/h1-9H,(H3,16,17). The van der Waals surface area contributed by atoms with E-state index < -0.39 is 0 Å². The molecule has 0 radical (unpaired) electrons. The van der Waals surface area contributed by atoms with Gasteiger partial charge in [-0.15, -0.1) is 0 Å². The van der Waals surface area contributed by atoms with E-state index in [9.17, 15) is 0 Å². The molecule has 0 atom stereocenters. The molecule has 0 spiro atoms. The average Bonchev–Trinajstić information content (AvgIpc) is 2.47. The van der Waals surface area contributed by atoms with Crippen molar-refractivity contribution in [2.75, 3.05) is 0 Å². The number of amidine groups is 1. The van der Waals surface area contributed by atoms with E-state index in [4.69, 9.17) is 15.9 Å². The SMILES string of the molecule is N=C(N)c1cc(Oc2ccc3cccnc3c2)ccn1. The predicted molar refractivity (Wildman–Crippen MR) is 77.1 cm³/mol. The lowest BCUT2D eigenvalue weighted by Crippen LogP contribution is -2.12. The molecule has 5 nitrogen and oxygen atoms in total. The summed E-state index contributed by atoms with van der Waals surface area (Å²) in [7, 11) is 0. The van der Waals surface area contributed by atoms with Gasteiger partial charge in [0.2, 0.25) is 0 Å². The van der Waals surface area contributed by atoms with Crippen LogP contribution in [-0.4, -0.2) is 15.8 Å². The molecule has 0 aliphatic heterocycles. The summed E-state index contributed by atoms with van der Waals surface area (Å²) in [4.78, 5) is 8.27. The molecule has 0 unspecified atom stereocenters. The zero-order valence-electron chi connectivity index (χ0n) is 10.6. The molecule has 2 aromatic heterocycles. The first-order valence-corrected chi connectivity index (χ1v) is 6.05. The number of nitrogens with one attached hydrogen (secondary N) is 1. The molecule has 3 rings (SSSR count). The summed E-state index contributed by atoms with van der Waals surface area (Å²) in [5, 5.41) is 8.42. The fraction of sp³-hybridized carbons (Fsp3) is 0. The van der Waals surface area contributed by atoms with Crippen molar-refractivity contribution in [1.29, 1.82) is 5.41 Å². The van der Waals surface area contributed by atoms with Crippen molar-refractivity contribution in [3.05, 3.63) is 60.6 Å². The van der Waals surface area contributed by atoms with Gasteiger partial charge in [0.15, 0.2) is 0 Å². The zero-order valence-corrected chi connectivity index (χ0v) is 10.6. The van der Waals surface area contributed by atoms with Crippen LogP contribution in [0.25, 0.3) is 10.9 Å². The predicted octanol–water partition coefficient (Wildman–Crippen LogP) is 2.71. The highest BCUT2D eigenvalue weighted by Crippen LogP contribution is 2.24. The summed E-state index contributed by atoms with van der Waals surface area (Å²) in [6.07, 6.45) is 3.30. The van der Waals surface area contributed by atoms with E-state index in [1.54, 1.807) is 24.5 Å². The Hall–Kier alpha value is -2.95. The highest BCUT2D eigenvalue weighted by atomic mass is 16.5. The van der Waals surface area contributed by atoms with Crippen LogP contribution in [0, 0.1) is 5.41 Å². The summed E-state index contributed by atoms with van der Waals surface area (Å²) >= 11 is 0. The summed E-state index contributed by atoms with van der Waals surface area (Å²) < 4.78 is 5.75. The van der Waals surface area contributed by atoms with Crippen molar-refractivity contribution in [3.63, 3.8) is 0 Å². The van der Waals surface area contributed by atoms with Gasteiger partial charge in [-0.2, -0.15) is 0 Å². The molecule has 0 aliphatic rings. The molecule has 1 aromatic carbocycles. The lowest BCUT2D eigenvalue weighted by Gasteiger charge is -2.07. The van der Waals surface area contributed by atoms with Gasteiger partial charge in [0.05, 0.1) is 5.52 Å². The number of aromatic nitrogens is 2. The normalized spacial score (nSPS) is 10.4. The second-order valence-corrected chi connectivity index (χ2v) is 4.25. The highest BCUT2D eigenvalue weighted by Gasteiger charge is 2.03. The minimum absolute atomic E-state index is 0.0874. The first-order chi connectivity index (χ1) is 9.72. The quantitative estimate of drug-likeness (QED) is 0.562. The van der Waals surface area contributed by atoms with E-state index in [0.717, 1.165) is 10.9 Å². The monoisotopic (exact) mass is 264 g/mol. The molecular formula is C15H12N4O. The number of nitrogens with two attached hydrogens (primary N) is 1. The van der Waals surface area contributed by atoms with E-state index in [1.165, 1.54) is 0 Å². The van der Waals surface area contributed by atoms with Crippen LogP contribution in [0.1, 0.15) is 5.69 Å². The minimum atomic E-state index is -0.0874. The maximum absolute atomic E-state index is 7.37. The smallest absolute Gasteiger partial charge is 0.141 e. The third-order valence-electron chi connectivity index (χ3n) is 2.82. The lowest BCUT2D eigenvalue weighted by atomic mass is 10.2. The number of hydrogen-bond donors (Lipinski definition) is 2. The topological polar surface area (TPSA) is 84.9 Å². The molecular weight excluding hydrogens is 252 g/mol. The Balaban J connectivity index is 1.92. The number of fused-ring (bicyclic) bond motifs is 1. The van der Waals surface area contributed by atoms with Crippen molar-refractivity contribution < 1.29 is 4.74 Å². The second-order valence-electron chi connectivity index (χ2n) is 4.25. The third-order valence-corrected chi connectivity index (χ3v) is 2.82. The van der Waals surface area contributed by atoms with Crippen LogP contribution in [0.3, 0.4) is 0 Å². The maximum atomic E-state index is 7.37. The van der Waals surface area contributed by atoms with Crippen LogP contribution in [0.5, 0.6) is 11.5 Å². The molecule has 0 bridgehead atoms. The average molecular weight is 264 g/mol. The van der Waals surface area contributed by atoms with Gasteiger partial charge in [0, 0.05) is 29.9 Å². The Labute approximate surface area is 115 Å². The van der Waals surface area contributed by atoms with Crippen molar-refractivity contribution in [1.82, 2.24) is 9.97 Å². The molecule has 98 valence electrons. The summed E-state index contributed by atoms with van der Waals surface area (Å²) in [5.41, 5.74) is 6.66. The van der Waals surface area contributed by atoms with Crippen LogP contribution in [-0.2, 0) is 0 Å². The van der Waals surface area contributed by atoms with Crippen LogP contribution in [0.4, 0.5) is 0 Å². The first kappa shape index (κ1) is 12.1. The lowest BCUT2D eigenvalue weighted by molar-refractivity contribution is 0.482. The molecule has 20 heavy (non-hydrogen) atoms. The number of hydrogen-bond acceptors (Lipinski definition) is 4. The van der Waals surface area contributed by atoms with Crippen LogP contribution < -0.4 is 10.5 Å². The van der Waals surface area contributed by atoms with Gasteiger partial charge in [-0.25, -0.2) is 0 Å². The molecule has 0 saturated carbocycles. The molecule has 0 aliphatic carbocycles. The summed E-state index contributed by atoms with van der Waals surface area (Å²) in [6, 6.07) is 12.9. The van der Waals surface area contributed by atoms with E-state index in [1.807, 2.05) is 30.3 Å². The summed E-state index contributed by atoms with van der Waals surface area (Å²) in [6.45, 7) is 0. The van der Waals surface area contributed by atoms with E-state index in [2.05, 4.69) is 9.97 Å². The van der Waals surface area contributed by atoms with Gasteiger partial charge in [-0.1, -0.05) is 6.07 Å². The Bertz CT molecular complexity index is 785. The molecule has 0 saturated heterocycles. The van der Waals surface area contributed by atoms with E-state index >= 15 is 0 Å². The van der Waals surface area contributed by atoms with Crippen molar-refractivity contribution in [2.45, 2.75) is 0 Å². The Morgan fingerprint density at radius 2 is 1.85 bits per heavy atom.